The molecular weight excluding hydrogens is 258 g/mol. The lowest BCUT2D eigenvalue weighted by molar-refractivity contribution is 0.848. The van der Waals surface area contributed by atoms with Crippen LogP contribution in [0.4, 0.5) is 0 Å². The molecule has 3 nitrogen and oxygen atoms in total. The lowest BCUT2D eigenvalue weighted by Crippen LogP contribution is -2.08. The molecule has 0 aliphatic rings. The number of nitrogens with two attached hydrogens (primary N) is 1. The van der Waals surface area contributed by atoms with Crippen molar-refractivity contribution in [2.45, 2.75) is 6.42 Å². The second-order valence-corrected chi connectivity index (χ2v) is 4.81. The Morgan fingerprint density at radius 2 is 1.95 bits per heavy atom. The van der Waals surface area contributed by atoms with Gasteiger partial charge in [-0.05, 0) is 36.9 Å². The van der Waals surface area contributed by atoms with Gasteiger partial charge in [0.1, 0.15) is 5.82 Å². The molecule has 0 unspecified atom stereocenters. The summed E-state index contributed by atoms with van der Waals surface area (Å²) in [6.07, 6.45) is 0.737. The van der Waals surface area contributed by atoms with Crippen LogP contribution in [0.3, 0.4) is 0 Å². The minimum atomic E-state index is 0.573. The molecule has 0 aliphatic carbocycles. The summed E-state index contributed by atoms with van der Waals surface area (Å²) < 4.78 is 2.12. The molecule has 96 valence electrons. The van der Waals surface area contributed by atoms with Gasteiger partial charge >= 0.3 is 0 Å². The van der Waals surface area contributed by atoms with Crippen LogP contribution in [0.5, 0.6) is 0 Å². The highest BCUT2D eigenvalue weighted by atomic mass is 35.5. The van der Waals surface area contributed by atoms with Crippen molar-refractivity contribution < 1.29 is 0 Å². The summed E-state index contributed by atoms with van der Waals surface area (Å²) in [6, 6.07) is 15.8. The third-order valence-electron chi connectivity index (χ3n) is 3.06. The van der Waals surface area contributed by atoms with Gasteiger partial charge in [-0.3, -0.25) is 4.57 Å². The molecule has 2 N–H and O–H groups in total. The molecule has 0 fully saturated rings. The van der Waals surface area contributed by atoms with E-state index in [-0.39, 0.29) is 0 Å². The van der Waals surface area contributed by atoms with Gasteiger partial charge in [-0.2, -0.15) is 0 Å². The predicted octanol–water partition coefficient (Wildman–Crippen LogP) is 3.18. The molecular formula is C15H14ClN3. The number of aromatic nitrogens is 2. The highest BCUT2D eigenvalue weighted by Crippen LogP contribution is 2.23. The number of rotatable bonds is 3. The number of hydrogen-bond acceptors (Lipinski definition) is 2. The summed E-state index contributed by atoms with van der Waals surface area (Å²) in [5.41, 5.74) is 8.75. The topological polar surface area (TPSA) is 43.8 Å². The molecule has 0 saturated carbocycles. The highest BCUT2D eigenvalue weighted by Gasteiger charge is 2.11. The van der Waals surface area contributed by atoms with Crippen molar-refractivity contribution >= 4 is 22.6 Å². The summed E-state index contributed by atoms with van der Waals surface area (Å²) >= 11 is 6.08. The van der Waals surface area contributed by atoms with Crippen molar-refractivity contribution in [3.63, 3.8) is 0 Å². The lowest BCUT2D eigenvalue weighted by atomic mass is 10.2. The molecule has 3 rings (SSSR count). The van der Waals surface area contributed by atoms with E-state index in [0.29, 0.717) is 11.6 Å². The zero-order valence-corrected chi connectivity index (χ0v) is 11.1. The van der Waals surface area contributed by atoms with Crippen LogP contribution in [0.2, 0.25) is 5.02 Å². The van der Waals surface area contributed by atoms with Gasteiger partial charge in [-0.1, -0.05) is 29.8 Å². The average molecular weight is 272 g/mol. The van der Waals surface area contributed by atoms with Crippen LogP contribution >= 0.6 is 11.6 Å². The van der Waals surface area contributed by atoms with E-state index in [1.165, 1.54) is 0 Å². The summed E-state index contributed by atoms with van der Waals surface area (Å²) in [4.78, 5) is 4.65. The zero-order valence-electron chi connectivity index (χ0n) is 10.4. The standard InChI is InChI=1S/C15H14ClN3/c16-11-4-3-5-12(10-11)19-14-7-2-1-6-13(14)18-15(19)8-9-17/h1-7,10H,8-9,17H2. The fraction of sp³-hybridized carbons (Fsp3) is 0.133. The van der Waals surface area contributed by atoms with E-state index in [1.807, 2.05) is 42.5 Å². The number of nitrogens with zero attached hydrogens (tertiary/aromatic N) is 2. The molecule has 2 aromatic carbocycles. The number of imidazole rings is 1. The van der Waals surface area contributed by atoms with E-state index < -0.39 is 0 Å². The van der Waals surface area contributed by atoms with Gasteiger partial charge in [0.25, 0.3) is 0 Å². The van der Waals surface area contributed by atoms with E-state index >= 15 is 0 Å². The Bertz CT molecular complexity index is 718. The Morgan fingerprint density at radius 1 is 1.11 bits per heavy atom. The molecule has 0 radical (unpaired) electrons. The monoisotopic (exact) mass is 271 g/mol. The summed E-state index contributed by atoms with van der Waals surface area (Å²) in [6.45, 7) is 0.573. The van der Waals surface area contributed by atoms with E-state index in [1.54, 1.807) is 0 Å². The molecule has 0 aliphatic heterocycles. The molecule has 0 amide bonds. The average Bonchev–Trinajstić information content (AvgIpc) is 2.77. The first-order chi connectivity index (χ1) is 9.29. The molecule has 0 saturated heterocycles. The van der Waals surface area contributed by atoms with Crippen LogP contribution in [0.25, 0.3) is 16.7 Å². The number of hydrogen-bond donors (Lipinski definition) is 1. The first-order valence-electron chi connectivity index (χ1n) is 6.22. The molecule has 0 atom stereocenters. The Balaban J connectivity index is 2.28. The van der Waals surface area contributed by atoms with Crippen molar-refractivity contribution in [3.8, 4) is 5.69 Å². The lowest BCUT2D eigenvalue weighted by Gasteiger charge is -2.09. The third kappa shape index (κ3) is 2.23. The second-order valence-electron chi connectivity index (χ2n) is 4.37. The summed E-state index contributed by atoms with van der Waals surface area (Å²) in [5.74, 6) is 0.964. The van der Waals surface area contributed by atoms with Crippen LogP contribution in [-0.4, -0.2) is 16.1 Å². The Morgan fingerprint density at radius 3 is 2.74 bits per heavy atom. The molecule has 4 heteroatoms. The minimum Gasteiger partial charge on any atom is -0.330 e. The smallest absolute Gasteiger partial charge is 0.115 e. The van der Waals surface area contributed by atoms with Gasteiger partial charge in [0, 0.05) is 17.1 Å². The van der Waals surface area contributed by atoms with Gasteiger partial charge in [-0.15, -0.1) is 0 Å². The first kappa shape index (κ1) is 12.2. The van der Waals surface area contributed by atoms with Crippen molar-refractivity contribution in [2.75, 3.05) is 6.54 Å². The second kappa shape index (κ2) is 5.03. The SMILES string of the molecule is NCCc1nc2ccccc2n1-c1cccc(Cl)c1. The van der Waals surface area contributed by atoms with E-state index in [2.05, 4.69) is 15.6 Å². The molecule has 3 aromatic rings. The van der Waals surface area contributed by atoms with E-state index in [9.17, 15) is 0 Å². The van der Waals surface area contributed by atoms with Crippen LogP contribution in [0, 0.1) is 0 Å². The number of para-hydroxylation sites is 2. The summed E-state index contributed by atoms with van der Waals surface area (Å²) in [5, 5.41) is 0.717. The normalized spacial score (nSPS) is 11.1. The molecule has 0 spiro atoms. The van der Waals surface area contributed by atoms with Gasteiger partial charge in [-0.25, -0.2) is 4.98 Å². The van der Waals surface area contributed by atoms with Crippen molar-refractivity contribution in [2.24, 2.45) is 5.73 Å². The molecule has 1 aromatic heterocycles. The first-order valence-corrected chi connectivity index (χ1v) is 6.60. The van der Waals surface area contributed by atoms with Gasteiger partial charge in [0.05, 0.1) is 11.0 Å². The maximum Gasteiger partial charge on any atom is 0.115 e. The maximum atomic E-state index is 6.08. The number of benzene rings is 2. The van der Waals surface area contributed by atoms with Crippen molar-refractivity contribution in [1.29, 1.82) is 0 Å². The fourth-order valence-corrected chi connectivity index (χ4v) is 2.46. The van der Waals surface area contributed by atoms with Crippen molar-refractivity contribution in [3.05, 3.63) is 59.4 Å². The molecule has 0 bridgehead atoms. The van der Waals surface area contributed by atoms with Gasteiger partial charge < -0.3 is 5.73 Å². The maximum absolute atomic E-state index is 6.08. The van der Waals surface area contributed by atoms with Crippen LogP contribution in [0.1, 0.15) is 5.82 Å². The van der Waals surface area contributed by atoms with Crippen molar-refractivity contribution in [1.82, 2.24) is 9.55 Å². The third-order valence-corrected chi connectivity index (χ3v) is 3.30. The Labute approximate surface area is 116 Å². The molecule has 1 heterocycles. The van der Waals surface area contributed by atoms with Gasteiger partial charge in [0.15, 0.2) is 0 Å². The summed E-state index contributed by atoms with van der Waals surface area (Å²) in [7, 11) is 0. The predicted molar refractivity (Wildman–Crippen MR) is 78.8 cm³/mol. The van der Waals surface area contributed by atoms with E-state index in [4.69, 9.17) is 17.3 Å². The minimum absolute atomic E-state index is 0.573. The van der Waals surface area contributed by atoms with Crippen LogP contribution < -0.4 is 5.73 Å². The molecule has 19 heavy (non-hydrogen) atoms. The van der Waals surface area contributed by atoms with Crippen LogP contribution in [-0.2, 0) is 6.42 Å². The van der Waals surface area contributed by atoms with E-state index in [0.717, 1.165) is 29.0 Å². The Kier molecular flexibility index (Phi) is 3.23. The highest BCUT2D eigenvalue weighted by molar-refractivity contribution is 6.30. The number of halogens is 1. The number of fused-ring (bicyclic) bond motifs is 1. The van der Waals surface area contributed by atoms with Gasteiger partial charge in [0.2, 0.25) is 0 Å². The fourth-order valence-electron chi connectivity index (χ4n) is 2.28. The quantitative estimate of drug-likeness (QED) is 0.795. The zero-order chi connectivity index (χ0) is 13.2. The largest absolute Gasteiger partial charge is 0.330 e. The Hall–Kier alpha value is -1.84. The van der Waals surface area contributed by atoms with Crippen LogP contribution in [0.15, 0.2) is 48.5 Å².